The minimum Gasteiger partial charge on any atom is -0.453 e. The first-order valence-corrected chi connectivity index (χ1v) is 32.2. The normalized spacial score (nSPS) is 20.5. The first-order chi connectivity index (χ1) is 43.1. The van der Waals surface area contributed by atoms with E-state index in [1.54, 1.807) is 0 Å². The van der Waals surface area contributed by atoms with E-state index in [0.717, 1.165) is 123 Å². The van der Waals surface area contributed by atoms with Crippen molar-refractivity contribution in [3.05, 3.63) is 113 Å². The maximum Gasteiger partial charge on any atom is 0.407 e. The lowest BCUT2D eigenvalue weighted by Crippen LogP contribution is -2.51. The molecule has 6 heterocycles. The first kappa shape index (κ1) is 63.3. The number of methoxy groups -OCH3 is 3. The molecule has 0 bridgehead atoms. The van der Waals surface area contributed by atoms with Crippen molar-refractivity contribution in [2.45, 2.75) is 136 Å². The van der Waals surface area contributed by atoms with Crippen LogP contribution in [0.5, 0.6) is 0 Å². The van der Waals surface area contributed by atoms with Gasteiger partial charge in [-0.3, -0.25) is 14.4 Å². The molecule has 3 aliphatic heterocycles. The summed E-state index contributed by atoms with van der Waals surface area (Å²) in [4.78, 5) is 108. The predicted octanol–water partition coefficient (Wildman–Crippen LogP) is 12.2. The summed E-state index contributed by atoms with van der Waals surface area (Å²) in [6.45, 7) is 15.6. The van der Waals surface area contributed by atoms with Crippen LogP contribution in [0.2, 0.25) is 0 Å². The molecular formula is C68H83BrN12O9. The number of amides is 6. The zero-order valence-electron chi connectivity index (χ0n) is 52.9. The van der Waals surface area contributed by atoms with Crippen molar-refractivity contribution in [1.29, 1.82) is 0 Å². The largest absolute Gasteiger partial charge is 0.453 e. The molecule has 3 saturated heterocycles. The molecule has 7 atom stereocenters. The maximum atomic E-state index is 13.9. The summed E-state index contributed by atoms with van der Waals surface area (Å²) >= 11 is 3.53. The summed E-state index contributed by atoms with van der Waals surface area (Å²) < 4.78 is 15.4. The van der Waals surface area contributed by atoms with Crippen molar-refractivity contribution in [2.75, 3.05) is 41.0 Å². The second-order valence-corrected chi connectivity index (χ2v) is 27.4. The van der Waals surface area contributed by atoms with Gasteiger partial charge in [0.15, 0.2) is 0 Å². The highest BCUT2D eigenvalue weighted by atomic mass is 79.9. The monoisotopic (exact) mass is 1290 g/mol. The molecule has 0 unspecified atom stereocenters. The number of carbonyl (C=O) groups excluding carboxylic acids is 6. The number of imidazole rings is 3. The van der Waals surface area contributed by atoms with E-state index in [4.69, 9.17) is 29.2 Å². The average molecular weight is 1290 g/mol. The standard InChI is InChI=1S/C42H54N8O6.C26H29BrN4O3/c1-8-25-15-32(49(21-25)38(51)34(23(2)3)47-40(53)55-6)36-43-19-30(45-36)28-11-9-27-17-29(12-10-26(27)16-28)31-20-44-37(46-31)33-18-42(13-14-42)22-50(33)39(52)35(24(4)5)48-41(54)56-7;1-15(2)22(30-25(33)34-3)24(32)31-14-26(8-9-26)12-21(31)23-28-13-20(29-23)18-5-4-17-11-19(27)7-6-16(17)10-18/h9-12,16-17,19-20,23-25,32-35H,8,13-15,18,21-22H2,1-7H3,(H,43,45)(H,44,46)(H,47,53)(H,48,54);4-7,10-11,13,15,21-22H,8-9,12,14H2,1-3H3,(H,28,29)(H,30,33)/t25-,32-,33-,34-,35-;21-,22-/m00/s1. The molecule has 476 valence electrons. The summed E-state index contributed by atoms with van der Waals surface area (Å²) in [5.41, 5.74) is 5.95. The molecule has 90 heavy (non-hydrogen) atoms. The molecule has 6 N–H and O–H groups in total. The van der Waals surface area contributed by atoms with Crippen LogP contribution in [0, 0.1) is 34.5 Å². The zero-order chi connectivity index (χ0) is 63.9. The van der Waals surface area contributed by atoms with Gasteiger partial charge >= 0.3 is 18.3 Å². The van der Waals surface area contributed by atoms with Crippen molar-refractivity contribution in [3.8, 4) is 33.8 Å². The number of likely N-dealkylation sites (tertiary alicyclic amines) is 3. The molecule has 6 amide bonds. The third kappa shape index (κ3) is 13.3. The van der Waals surface area contributed by atoms with Crippen LogP contribution in [0.15, 0.2) is 95.9 Å². The molecule has 2 saturated carbocycles. The lowest BCUT2D eigenvalue weighted by molar-refractivity contribution is -0.136. The Kier molecular flexibility index (Phi) is 18.2. The molecule has 4 aromatic carbocycles. The van der Waals surface area contributed by atoms with Gasteiger partial charge in [-0.05, 0) is 131 Å². The van der Waals surface area contributed by atoms with Crippen molar-refractivity contribution in [2.24, 2.45) is 34.5 Å². The second kappa shape index (κ2) is 25.9. The van der Waals surface area contributed by atoms with Crippen molar-refractivity contribution in [3.63, 3.8) is 0 Å². The van der Waals surface area contributed by atoms with Gasteiger partial charge in [0.25, 0.3) is 0 Å². The lowest BCUT2D eigenvalue weighted by Gasteiger charge is -2.30. The van der Waals surface area contributed by atoms with Crippen LogP contribution in [-0.2, 0) is 28.6 Å². The number of aromatic nitrogens is 6. The molecule has 12 rings (SSSR count). The molecule has 2 spiro atoms. The maximum absolute atomic E-state index is 13.9. The molecule has 7 aromatic rings. The molecule has 5 aliphatic rings. The van der Waals surface area contributed by atoms with E-state index in [0.29, 0.717) is 25.6 Å². The zero-order valence-corrected chi connectivity index (χ0v) is 54.5. The Morgan fingerprint density at radius 1 is 0.522 bits per heavy atom. The van der Waals surface area contributed by atoms with Crippen LogP contribution < -0.4 is 16.0 Å². The van der Waals surface area contributed by atoms with E-state index >= 15 is 0 Å². The number of benzene rings is 4. The van der Waals surface area contributed by atoms with Crippen LogP contribution in [0.1, 0.15) is 135 Å². The van der Waals surface area contributed by atoms with Gasteiger partial charge in [-0.2, -0.15) is 0 Å². The summed E-state index contributed by atoms with van der Waals surface area (Å²) in [6, 6.07) is 22.5. The van der Waals surface area contributed by atoms with Gasteiger partial charge < -0.3 is 59.8 Å². The minimum absolute atomic E-state index is 0.0622. The van der Waals surface area contributed by atoms with Crippen molar-refractivity contribution in [1.82, 2.24) is 60.6 Å². The number of fused-ring (bicyclic) bond motifs is 2. The first-order valence-electron chi connectivity index (χ1n) is 31.5. The number of alkyl carbamates (subject to hydrolysis) is 3. The number of nitrogens with zero attached hydrogens (tertiary/aromatic N) is 6. The third-order valence-corrected chi connectivity index (χ3v) is 19.7. The van der Waals surface area contributed by atoms with Gasteiger partial charge in [0.1, 0.15) is 35.6 Å². The van der Waals surface area contributed by atoms with Gasteiger partial charge in [0, 0.05) is 40.8 Å². The van der Waals surface area contributed by atoms with Crippen molar-refractivity contribution < 1.29 is 43.0 Å². The van der Waals surface area contributed by atoms with Crippen LogP contribution in [-0.4, -0.2) is 140 Å². The molecular weight excluding hydrogens is 1210 g/mol. The summed E-state index contributed by atoms with van der Waals surface area (Å²) in [6.07, 6.45) is 11.5. The summed E-state index contributed by atoms with van der Waals surface area (Å²) in [7, 11) is 3.91. The number of hydrogen-bond acceptors (Lipinski definition) is 12. The Morgan fingerprint density at radius 3 is 1.21 bits per heavy atom. The van der Waals surface area contributed by atoms with E-state index in [1.165, 1.54) is 26.7 Å². The van der Waals surface area contributed by atoms with Crippen molar-refractivity contribution >= 4 is 73.5 Å². The Hall–Kier alpha value is -8.27. The van der Waals surface area contributed by atoms with Crippen LogP contribution >= 0.6 is 15.9 Å². The number of rotatable bonds is 16. The van der Waals surface area contributed by atoms with E-state index in [9.17, 15) is 28.8 Å². The molecule has 0 radical (unpaired) electrons. The fraction of sp³-hybridized carbons (Fsp3) is 0.485. The molecule has 5 fully saturated rings. The Labute approximate surface area is 533 Å². The number of hydrogen-bond donors (Lipinski definition) is 6. The molecule has 21 nitrogen and oxygen atoms in total. The van der Waals surface area contributed by atoms with E-state index in [2.05, 4.69) is 120 Å². The van der Waals surface area contributed by atoms with Crippen LogP contribution in [0.3, 0.4) is 0 Å². The summed E-state index contributed by atoms with van der Waals surface area (Å²) in [5, 5.41) is 12.6. The fourth-order valence-corrected chi connectivity index (χ4v) is 13.8. The Morgan fingerprint density at radius 2 is 0.867 bits per heavy atom. The number of carbonyl (C=O) groups is 6. The van der Waals surface area contributed by atoms with Crippen LogP contribution in [0.4, 0.5) is 14.4 Å². The SMILES string of the molecule is CC[C@H]1C[C@@H](c2ncc(-c3ccc4cc(-c5cnc([C@@H]6CC7(CC7)CN6C(=O)[C@@H](NC(=O)OC)C(C)C)[nH]5)ccc4c3)[nH]2)N(C(=O)[C@@H](NC(=O)OC)C(C)C)C1.COC(=O)N[C@H](C(=O)N1CC2(CC2)C[C@H]1c1ncc(-c2ccc3cc(Br)ccc3c2)[nH]1)C(C)C. The number of nitrogens with one attached hydrogen (secondary N) is 6. The Balaban J connectivity index is 0.000000209. The number of halogens is 1. The van der Waals surface area contributed by atoms with Crippen LogP contribution in [0.25, 0.3) is 55.3 Å². The predicted molar refractivity (Wildman–Crippen MR) is 345 cm³/mol. The highest BCUT2D eigenvalue weighted by molar-refractivity contribution is 9.10. The fourth-order valence-electron chi connectivity index (χ4n) is 13.4. The number of H-pyrrole nitrogens is 3. The molecule has 22 heteroatoms. The third-order valence-electron chi connectivity index (χ3n) is 19.2. The minimum atomic E-state index is -0.704. The lowest BCUT2D eigenvalue weighted by atomic mass is 10.0. The average Bonchev–Trinajstić information content (AvgIpc) is 1.91. The highest BCUT2D eigenvalue weighted by Crippen LogP contribution is 2.59. The number of aromatic amines is 3. The topological polar surface area (TPSA) is 262 Å². The summed E-state index contributed by atoms with van der Waals surface area (Å²) in [5.74, 6) is 1.97. The van der Waals surface area contributed by atoms with E-state index in [1.807, 2.05) is 80.9 Å². The molecule has 3 aromatic heterocycles. The van der Waals surface area contributed by atoms with E-state index in [-0.39, 0.29) is 64.4 Å². The van der Waals surface area contributed by atoms with Gasteiger partial charge in [-0.15, -0.1) is 0 Å². The smallest absolute Gasteiger partial charge is 0.407 e. The highest BCUT2D eigenvalue weighted by Gasteiger charge is 2.56. The molecule has 2 aliphatic carbocycles. The van der Waals surface area contributed by atoms with Gasteiger partial charge in [0.2, 0.25) is 17.7 Å². The van der Waals surface area contributed by atoms with E-state index < -0.39 is 36.4 Å². The van der Waals surface area contributed by atoms with Gasteiger partial charge in [-0.25, -0.2) is 29.3 Å². The second-order valence-electron chi connectivity index (χ2n) is 26.5. The Bertz CT molecular complexity index is 3830. The van der Waals surface area contributed by atoms with Gasteiger partial charge in [0.05, 0.1) is 75.1 Å². The quantitative estimate of drug-likeness (QED) is 0.0494. The number of ether oxygens (including phenoxy) is 3. The van der Waals surface area contributed by atoms with Gasteiger partial charge in [-0.1, -0.05) is 113 Å².